The molecule has 0 saturated carbocycles. The molecule has 1 atom stereocenters. The van der Waals surface area contributed by atoms with Crippen LogP contribution in [-0.2, 0) is 0 Å². The Hall–Kier alpha value is 0.0700. The molecule has 0 aliphatic carbocycles. The molecule has 0 bridgehead atoms. The molecule has 2 N–H and O–H groups in total. The predicted molar refractivity (Wildman–Crippen MR) is 33.0 cm³/mol. The first-order valence-electron chi connectivity index (χ1n) is 3.36. The van der Waals surface area contributed by atoms with E-state index in [1.54, 1.807) is 0 Å². The molecule has 11 heavy (non-hydrogen) atoms. The van der Waals surface area contributed by atoms with Crippen LogP contribution in [0.1, 0.15) is 6.42 Å². The Morgan fingerprint density at radius 1 is 1.55 bits per heavy atom. The molecule has 1 aliphatic rings. The highest BCUT2D eigenvalue weighted by Gasteiger charge is 2.40. The number of alkyl halides is 2. The Balaban J connectivity index is 0.000001000. The summed E-state index contributed by atoms with van der Waals surface area (Å²) in [7, 11) is 0. The van der Waals surface area contributed by atoms with Gasteiger partial charge in [-0.1, -0.05) is 0 Å². The minimum absolute atomic E-state index is 0. The Bertz CT molecular complexity index is 123. The first kappa shape index (κ1) is 11.1. The maximum atomic E-state index is 12.7. The molecule has 0 radical (unpaired) electrons. The number of hydrogen-bond acceptors (Lipinski definition) is 2. The van der Waals surface area contributed by atoms with Crippen molar-refractivity contribution < 1.29 is 26.3 Å². The van der Waals surface area contributed by atoms with E-state index in [4.69, 9.17) is 5.11 Å². The number of halogens is 3. The fraction of sp³-hybridized carbons (Fsp3) is 1.00. The van der Waals surface area contributed by atoms with Gasteiger partial charge < -0.3 is 22.8 Å². The van der Waals surface area contributed by atoms with Crippen molar-refractivity contribution in [1.29, 1.82) is 0 Å². The van der Waals surface area contributed by atoms with Gasteiger partial charge in [0, 0.05) is 19.5 Å². The molecule has 0 aromatic heterocycles. The number of hydrogen-bond donors (Lipinski definition) is 2. The highest BCUT2D eigenvalue weighted by atomic mass is 35.5. The van der Waals surface area contributed by atoms with Gasteiger partial charge in [0.25, 0.3) is 5.92 Å². The molecular formula is C6H11ClF2NO-. The van der Waals surface area contributed by atoms with Crippen molar-refractivity contribution in [3.05, 3.63) is 0 Å². The van der Waals surface area contributed by atoms with E-state index in [1.807, 2.05) is 0 Å². The summed E-state index contributed by atoms with van der Waals surface area (Å²) in [6.45, 7) is 0.146. The third-order valence-corrected chi connectivity index (χ3v) is 1.84. The minimum atomic E-state index is -2.67. The van der Waals surface area contributed by atoms with Gasteiger partial charge in [0.2, 0.25) is 0 Å². The van der Waals surface area contributed by atoms with Crippen LogP contribution in [0.15, 0.2) is 0 Å². The molecule has 1 rings (SSSR count). The molecule has 2 nitrogen and oxygen atoms in total. The van der Waals surface area contributed by atoms with Gasteiger partial charge in [0.15, 0.2) is 0 Å². The Labute approximate surface area is 70.4 Å². The van der Waals surface area contributed by atoms with Crippen molar-refractivity contribution in [3.63, 3.8) is 0 Å². The lowest BCUT2D eigenvalue weighted by atomic mass is 9.96. The second kappa shape index (κ2) is 4.18. The van der Waals surface area contributed by atoms with E-state index in [2.05, 4.69) is 5.32 Å². The smallest absolute Gasteiger partial charge is 0.255 e. The van der Waals surface area contributed by atoms with Gasteiger partial charge in [0.05, 0.1) is 12.5 Å². The largest absolute Gasteiger partial charge is 1.00 e. The summed E-state index contributed by atoms with van der Waals surface area (Å²) in [5, 5.41) is 11.3. The van der Waals surface area contributed by atoms with E-state index in [1.165, 1.54) is 0 Å². The highest BCUT2D eigenvalue weighted by molar-refractivity contribution is 4.83. The van der Waals surface area contributed by atoms with Gasteiger partial charge in [-0.2, -0.15) is 0 Å². The molecule has 0 amide bonds. The summed E-state index contributed by atoms with van der Waals surface area (Å²) in [5.74, 6) is -3.55. The van der Waals surface area contributed by atoms with Crippen LogP contribution in [0.25, 0.3) is 0 Å². The Morgan fingerprint density at radius 3 is 2.55 bits per heavy atom. The second-order valence-electron chi connectivity index (χ2n) is 2.59. The maximum Gasteiger partial charge on any atom is 0.255 e. The standard InChI is InChI=1S/C6H11F2NO.ClH/c7-6(8)1-2-9-3-5(6)4-10;/h5,9-10H,1-4H2;1H/p-1. The average Bonchev–Trinajstić information content (AvgIpc) is 1.87. The molecule has 0 spiro atoms. The van der Waals surface area contributed by atoms with Crippen LogP contribution in [0.4, 0.5) is 8.78 Å². The number of aliphatic hydroxyl groups is 1. The quantitative estimate of drug-likeness (QED) is 0.465. The number of aliphatic hydroxyl groups excluding tert-OH is 1. The number of rotatable bonds is 1. The van der Waals surface area contributed by atoms with Crippen LogP contribution in [-0.4, -0.2) is 30.7 Å². The SMILES string of the molecule is OCC1CNCCC1(F)F.[Cl-]. The zero-order valence-electron chi connectivity index (χ0n) is 5.99. The summed E-state index contributed by atoms with van der Waals surface area (Å²) < 4.78 is 25.3. The molecule has 1 fully saturated rings. The first-order chi connectivity index (χ1) is 4.67. The molecule has 0 aromatic rings. The molecule has 1 heterocycles. The Morgan fingerprint density at radius 2 is 2.18 bits per heavy atom. The van der Waals surface area contributed by atoms with E-state index in [0.29, 0.717) is 6.54 Å². The lowest BCUT2D eigenvalue weighted by Crippen LogP contribution is -3.00. The van der Waals surface area contributed by atoms with Crippen LogP contribution in [0.2, 0.25) is 0 Å². The molecule has 1 saturated heterocycles. The van der Waals surface area contributed by atoms with E-state index < -0.39 is 18.4 Å². The van der Waals surface area contributed by atoms with Gasteiger partial charge in [-0.25, -0.2) is 8.78 Å². The van der Waals surface area contributed by atoms with Crippen molar-refractivity contribution >= 4 is 0 Å². The molecule has 1 aliphatic heterocycles. The van der Waals surface area contributed by atoms with E-state index in [9.17, 15) is 8.78 Å². The minimum Gasteiger partial charge on any atom is -1.00 e. The monoisotopic (exact) mass is 186 g/mol. The van der Waals surface area contributed by atoms with Crippen molar-refractivity contribution in [2.24, 2.45) is 5.92 Å². The van der Waals surface area contributed by atoms with Crippen molar-refractivity contribution in [3.8, 4) is 0 Å². The van der Waals surface area contributed by atoms with Gasteiger partial charge in [-0.15, -0.1) is 0 Å². The molecule has 0 aromatic carbocycles. The lowest BCUT2D eigenvalue weighted by Gasteiger charge is -2.30. The van der Waals surface area contributed by atoms with Gasteiger partial charge in [-0.3, -0.25) is 0 Å². The third-order valence-electron chi connectivity index (χ3n) is 1.84. The first-order valence-corrected chi connectivity index (χ1v) is 3.36. The van der Waals surface area contributed by atoms with Crippen molar-refractivity contribution in [2.75, 3.05) is 19.7 Å². The van der Waals surface area contributed by atoms with Gasteiger partial charge in [0.1, 0.15) is 0 Å². The average molecular weight is 187 g/mol. The lowest BCUT2D eigenvalue weighted by molar-refractivity contribution is -0.0936. The van der Waals surface area contributed by atoms with E-state index in [-0.39, 0.29) is 25.4 Å². The fourth-order valence-corrected chi connectivity index (χ4v) is 1.08. The third kappa shape index (κ3) is 2.54. The molecule has 1 unspecified atom stereocenters. The zero-order chi connectivity index (χ0) is 7.61. The summed E-state index contributed by atoms with van der Waals surface area (Å²) >= 11 is 0. The summed E-state index contributed by atoms with van der Waals surface area (Å²) in [6.07, 6.45) is -0.155. The Kier molecular flexibility index (Phi) is 4.21. The molecular weight excluding hydrogens is 176 g/mol. The second-order valence-corrected chi connectivity index (χ2v) is 2.59. The van der Waals surface area contributed by atoms with Gasteiger partial charge >= 0.3 is 0 Å². The number of piperidine rings is 1. The predicted octanol–water partition coefficient (Wildman–Crippen LogP) is -2.77. The van der Waals surface area contributed by atoms with Crippen LogP contribution in [0.3, 0.4) is 0 Å². The van der Waals surface area contributed by atoms with Gasteiger partial charge in [-0.05, 0) is 0 Å². The maximum absolute atomic E-state index is 12.7. The summed E-state index contributed by atoms with van der Waals surface area (Å²) in [5.41, 5.74) is 0. The van der Waals surface area contributed by atoms with Crippen LogP contribution in [0.5, 0.6) is 0 Å². The fourth-order valence-electron chi connectivity index (χ4n) is 1.08. The van der Waals surface area contributed by atoms with Crippen molar-refractivity contribution in [1.82, 2.24) is 5.32 Å². The molecule has 68 valence electrons. The van der Waals surface area contributed by atoms with E-state index in [0.717, 1.165) is 0 Å². The van der Waals surface area contributed by atoms with Crippen molar-refractivity contribution in [2.45, 2.75) is 12.3 Å². The zero-order valence-corrected chi connectivity index (χ0v) is 6.74. The summed E-state index contributed by atoms with van der Waals surface area (Å²) in [6, 6.07) is 0. The normalized spacial score (nSPS) is 29.2. The van der Waals surface area contributed by atoms with Crippen LogP contribution >= 0.6 is 0 Å². The number of nitrogens with one attached hydrogen (secondary N) is 1. The highest BCUT2D eigenvalue weighted by Crippen LogP contribution is 2.29. The van der Waals surface area contributed by atoms with E-state index >= 15 is 0 Å². The van der Waals surface area contributed by atoms with Crippen LogP contribution < -0.4 is 17.7 Å². The van der Waals surface area contributed by atoms with Crippen LogP contribution in [0, 0.1) is 5.92 Å². The topological polar surface area (TPSA) is 32.3 Å². The molecule has 5 heteroatoms. The summed E-state index contributed by atoms with van der Waals surface area (Å²) in [4.78, 5) is 0.